The smallest absolute Gasteiger partial charge is 0.326 e. The monoisotopic (exact) mass is 478 g/mol. The number of rotatable bonds is 19. The van der Waals surface area contributed by atoms with Crippen molar-refractivity contribution >= 4 is 16.2 Å². The topological polar surface area (TPSA) is 102 Å². The molecule has 1 heterocycles. The zero-order valence-electron chi connectivity index (χ0n) is 21.2. The van der Waals surface area contributed by atoms with Gasteiger partial charge in [-0.05, 0) is 20.3 Å². The van der Waals surface area contributed by atoms with E-state index in [-0.39, 0.29) is 6.61 Å². The summed E-state index contributed by atoms with van der Waals surface area (Å²) in [5.41, 5.74) is 5.84. The molecular formula is C24H52N3O4S+. The molecule has 3 N–H and O–H groups in total. The van der Waals surface area contributed by atoms with Crippen LogP contribution in [0.4, 0.5) is 0 Å². The SMILES string of the molecule is CCCCCCCCCCCCCCCC1=NCC[N+]1(CC)CCN.CCOS(=O)(=O)O. The first-order valence-corrected chi connectivity index (χ1v) is 14.4. The molecule has 0 saturated heterocycles. The maximum absolute atomic E-state index is 9.56. The fraction of sp³-hybridized carbons (Fsp3) is 0.958. The summed E-state index contributed by atoms with van der Waals surface area (Å²) in [4.78, 5) is 4.81. The van der Waals surface area contributed by atoms with E-state index in [0.717, 1.165) is 30.7 Å². The molecule has 1 aliphatic heterocycles. The van der Waals surface area contributed by atoms with Gasteiger partial charge in [0.15, 0.2) is 5.84 Å². The number of nitrogens with two attached hydrogens (primary N) is 1. The summed E-state index contributed by atoms with van der Waals surface area (Å²) in [5.74, 6) is 1.44. The van der Waals surface area contributed by atoms with Gasteiger partial charge in [0.1, 0.15) is 6.54 Å². The van der Waals surface area contributed by atoms with Gasteiger partial charge in [-0.25, -0.2) is 9.18 Å². The molecular weight excluding hydrogens is 426 g/mol. The molecule has 0 aliphatic carbocycles. The zero-order chi connectivity index (χ0) is 24.1. The number of aliphatic imine (C=N–C) groups is 1. The van der Waals surface area contributed by atoms with E-state index in [1.54, 1.807) is 0 Å². The van der Waals surface area contributed by atoms with Gasteiger partial charge in [-0.1, -0.05) is 84.0 Å². The molecule has 8 heteroatoms. The van der Waals surface area contributed by atoms with E-state index in [0.29, 0.717) is 0 Å². The number of quaternary nitrogens is 1. The molecule has 0 aromatic heterocycles. The van der Waals surface area contributed by atoms with Gasteiger partial charge < -0.3 is 5.73 Å². The lowest BCUT2D eigenvalue weighted by molar-refractivity contribution is -0.833. The van der Waals surface area contributed by atoms with Crippen LogP contribution in [0, 0.1) is 0 Å². The molecule has 7 nitrogen and oxygen atoms in total. The molecule has 0 fully saturated rings. The summed E-state index contributed by atoms with van der Waals surface area (Å²) in [6.45, 7) is 11.2. The summed E-state index contributed by atoms with van der Waals surface area (Å²) in [5, 5.41) is 0. The van der Waals surface area contributed by atoms with Crippen LogP contribution in [0.15, 0.2) is 4.99 Å². The standard InChI is InChI=1S/C22H46N3.C2H6O4S/c1-3-5-6-7-8-9-10-11-12-13-14-15-16-17-22-24-19-21-25(22,4-2)20-18-23;1-2-6-7(3,4)5/h3-21,23H2,1-2H3;2H2,1H3,(H,3,4,5)/q+1;. The highest BCUT2D eigenvalue weighted by Gasteiger charge is 2.35. The number of nitrogens with zero attached hydrogens (tertiary/aromatic N) is 2. The van der Waals surface area contributed by atoms with E-state index in [1.165, 1.54) is 109 Å². The van der Waals surface area contributed by atoms with Gasteiger partial charge >= 0.3 is 10.4 Å². The third-order valence-electron chi connectivity index (χ3n) is 6.30. The van der Waals surface area contributed by atoms with Gasteiger partial charge in [0.25, 0.3) is 0 Å². The Balaban J connectivity index is 0.00000118. The molecule has 1 rings (SSSR count). The van der Waals surface area contributed by atoms with E-state index in [2.05, 4.69) is 18.0 Å². The molecule has 0 aromatic carbocycles. The van der Waals surface area contributed by atoms with Crippen LogP contribution in [-0.4, -0.2) is 62.6 Å². The Hall–Kier alpha value is -0.540. The lowest BCUT2D eigenvalue weighted by Crippen LogP contribution is -2.53. The quantitative estimate of drug-likeness (QED) is 0.145. The first kappa shape index (κ1) is 31.5. The lowest BCUT2D eigenvalue weighted by atomic mass is 10.0. The van der Waals surface area contributed by atoms with Crippen LogP contribution in [0.2, 0.25) is 0 Å². The second-order valence-corrected chi connectivity index (χ2v) is 9.91. The molecule has 0 amide bonds. The molecule has 0 radical (unpaired) electrons. The molecule has 1 aliphatic rings. The number of hydrogen-bond acceptors (Lipinski definition) is 5. The highest BCUT2D eigenvalue weighted by atomic mass is 32.3. The number of unbranched alkanes of at least 4 members (excludes halogenated alkanes) is 12. The Labute approximate surface area is 198 Å². The van der Waals surface area contributed by atoms with Gasteiger partial charge in [0.05, 0.1) is 26.2 Å². The van der Waals surface area contributed by atoms with Crippen LogP contribution < -0.4 is 5.73 Å². The maximum atomic E-state index is 9.56. The van der Waals surface area contributed by atoms with Gasteiger partial charge in [0, 0.05) is 13.0 Å². The minimum absolute atomic E-state index is 0.0289. The van der Waals surface area contributed by atoms with E-state index in [9.17, 15) is 8.42 Å². The lowest BCUT2D eigenvalue weighted by Gasteiger charge is -2.33. The minimum atomic E-state index is -4.17. The largest absolute Gasteiger partial charge is 0.397 e. The molecule has 1 atom stereocenters. The van der Waals surface area contributed by atoms with Crippen molar-refractivity contribution in [3.63, 3.8) is 0 Å². The summed E-state index contributed by atoms with van der Waals surface area (Å²) >= 11 is 0. The second-order valence-electron chi connectivity index (χ2n) is 8.82. The molecule has 1 unspecified atom stereocenters. The number of likely N-dealkylation sites (N-methyl/N-ethyl adjacent to an activating group) is 1. The second kappa shape index (κ2) is 19.9. The normalized spacial score (nSPS) is 18.3. The predicted molar refractivity (Wildman–Crippen MR) is 135 cm³/mol. The Kier molecular flexibility index (Phi) is 19.6. The highest BCUT2D eigenvalue weighted by molar-refractivity contribution is 7.80. The van der Waals surface area contributed by atoms with Crippen LogP contribution in [-0.2, 0) is 14.6 Å². The van der Waals surface area contributed by atoms with Crippen LogP contribution in [0.1, 0.15) is 111 Å². The van der Waals surface area contributed by atoms with E-state index < -0.39 is 10.4 Å². The van der Waals surface area contributed by atoms with E-state index in [1.807, 2.05) is 0 Å². The van der Waals surface area contributed by atoms with E-state index in [4.69, 9.17) is 15.3 Å². The molecule has 0 aromatic rings. The van der Waals surface area contributed by atoms with Crippen molar-refractivity contribution in [1.29, 1.82) is 0 Å². The van der Waals surface area contributed by atoms with Crippen molar-refractivity contribution in [3.05, 3.63) is 0 Å². The third kappa shape index (κ3) is 16.1. The molecule has 192 valence electrons. The van der Waals surface area contributed by atoms with Crippen LogP contribution >= 0.6 is 0 Å². The molecule has 32 heavy (non-hydrogen) atoms. The predicted octanol–water partition coefficient (Wildman–Crippen LogP) is 5.50. The third-order valence-corrected chi connectivity index (χ3v) is 6.84. The van der Waals surface area contributed by atoms with Gasteiger partial charge in [0.2, 0.25) is 0 Å². The first-order valence-electron chi connectivity index (χ1n) is 13.1. The number of amidine groups is 1. The van der Waals surface area contributed by atoms with Crippen molar-refractivity contribution in [1.82, 2.24) is 0 Å². The summed E-state index contributed by atoms with van der Waals surface area (Å²) in [6.07, 6.45) is 19.7. The first-order chi connectivity index (χ1) is 15.3. The Morgan fingerprint density at radius 2 is 1.41 bits per heavy atom. The van der Waals surface area contributed by atoms with Crippen molar-refractivity contribution in [3.8, 4) is 0 Å². The average Bonchev–Trinajstić information content (AvgIpc) is 3.14. The van der Waals surface area contributed by atoms with Gasteiger partial charge in [-0.3, -0.25) is 9.04 Å². The fourth-order valence-corrected chi connectivity index (χ4v) is 4.70. The Bertz CT molecular complexity index is 570. The summed E-state index contributed by atoms with van der Waals surface area (Å²) in [7, 11) is -4.17. The summed E-state index contributed by atoms with van der Waals surface area (Å²) < 4.78 is 31.7. The van der Waals surface area contributed by atoms with Crippen LogP contribution in [0.5, 0.6) is 0 Å². The van der Waals surface area contributed by atoms with Crippen molar-refractivity contribution in [2.24, 2.45) is 10.7 Å². The zero-order valence-corrected chi connectivity index (χ0v) is 22.0. The van der Waals surface area contributed by atoms with Gasteiger partial charge in [-0.15, -0.1) is 0 Å². The highest BCUT2D eigenvalue weighted by Crippen LogP contribution is 2.20. The Morgan fingerprint density at radius 1 is 0.906 bits per heavy atom. The van der Waals surface area contributed by atoms with Crippen LogP contribution in [0.3, 0.4) is 0 Å². The number of hydrogen-bond donors (Lipinski definition) is 2. The molecule has 0 spiro atoms. The van der Waals surface area contributed by atoms with Crippen molar-refractivity contribution in [2.45, 2.75) is 111 Å². The van der Waals surface area contributed by atoms with Crippen LogP contribution in [0.25, 0.3) is 0 Å². The average molecular weight is 479 g/mol. The molecule has 0 bridgehead atoms. The van der Waals surface area contributed by atoms with E-state index >= 15 is 0 Å². The Morgan fingerprint density at radius 3 is 1.78 bits per heavy atom. The summed E-state index contributed by atoms with van der Waals surface area (Å²) in [6, 6.07) is 0. The van der Waals surface area contributed by atoms with Gasteiger partial charge in [-0.2, -0.15) is 8.42 Å². The fourth-order valence-electron chi connectivity index (χ4n) is 4.40. The minimum Gasteiger partial charge on any atom is -0.326 e. The molecule has 0 saturated carbocycles. The van der Waals surface area contributed by atoms with Crippen molar-refractivity contribution in [2.75, 3.05) is 39.3 Å². The van der Waals surface area contributed by atoms with Crippen molar-refractivity contribution < 1.29 is 21.6 Å². The maximum Gasteiger partial charge on any atom is 0.397 e.